The first kappa shape index (κ1) is 7.35. The van der Waals surface area contributed by atoms with Crippen LogP contribution >= 0.6 is 15.9 Å². The molecule has 1 aromatic rings. The van der Waals surface area contributed by atoms with Gasteiger partial charge in [-0.25, -0.2) is 0 Å². The Morgan fingerprint density at radius 3 is 2.70 bits per heavy atom. The van der Waals surface area contributed by atoms with Crippen molar-refractivity contribution in [3.05, 3.63) is 34.8 Å². The number of anilines is 1. The Bertz CT molecular complexity index is 255. The maximum Gasteiger partial charge on any atom is 0.0388 e. The zero-order valence-electron chi connectivity index (χ0n) is 5.47. The lowest BCUT2D eigenvalue weighted by atomic mass is 10.2. The second-order valence-electron chi connectivity index (χ2n) is 1.98. The maximum absolute atomic E-state index is 5.61. The molecule has 2 heteroatoms. The number of hydrogen-bond donors (Lipinski definition) is 1. The van der Waals surface area contributed by atoms with Crippen molar-refractivity contribution in [2.75, 3.05) is 5.73 Å². The summed E-state index contributed by atoms with van der Waals surface area (Å²) >= 11 is 3.33. The molecule has 0 amide bonds. The van der Waals surface area contributed by atoms with E-state index in [1.807, 2.05) is 18.2 Å². The molecular formula is C8H8BrN. The first-order valence-electron chi connectivity index (χ1n) is 2.91. The predicted molar refractivity (Wildman–Crippen MR) is 48.6 cm³/mol. The van der Waals surface area contributed by atoms with Gasteiger partial charge in [-0.2, -0.15) is 0 Å². The molecule has 0 aliphatic rings. The van der Waals surface area contributed by atoms with Crippen LogP contribution in [0.1, 0.15) is 5.56 Å². The fourth-order valence-corrected chi connectivity index (χ4v) is 1.10. The summed E-state index contributed by atoms with van der Waals surface area (Å²) in [5.74, 6) is 0. The lowest BCUT2D eigenvalue weighted by Crippen LogP contribution is -1.87. The molecule has 0 unspecified atom stereocenters. The minimum atomic E-state index is 0.762. The van der Waals surface area contributed by atoms with Gasteiger partial charge in [-0.05, 0) is 23.8 Å². The SMILES string of the molecule is C=Cc1cc(Br)ccc1N. The molecule has 0 aliphatic heterocycles. The molecule has 1 rings (SSSR count). The van der Waals surface area contributed by atoms with E-state index in [0.29, 0.717) is 0 Å². The first-order valence-corrected chi connectivity index (χ1v) is 3.71. The fraction of sp³-hybridized carbons (Fsp3) is 0. The number of nitrogen functional groups attached to an aromatic ring is 1. The summed E-state index contributed by atoms with van der Waals surface area (Å²) in [5, 5.41) is 0. The third-order valence-electron chi connectivity index (χ3n) is 1.27. The van der Waals surface area contributed by atoms with Crippen LogP contribution in [0, 0.1) is 0 Å². The van der Waals surface area contributed by atoms with Crippen LogP contribution in [-0.4, -0.2) is 0 Å². The Labute approximate surface area is 68.7 Å². The lowest BCUT2D eigenvalue weighted by molar-refractivity contribution is 1.60. The van der Waals surface area contributed by atoms with Crippen molar-refractivity contribution in [2.45, 2.75) is 0 Å². The van der Waals surface area contributed by atoms with Gasteiger partial charge in [0.15, 0.2) is 0 Å². The molecule has 0 atom stereocenters. The van der Waals surface area contributed by atoms with E-state index in [0.717, 1.165) is 15.7 Å². The van der Waals surface area contributed by atoms with Gasteiger partial charge in [0.2, 0.25) is 0 Å². The van der Waals surface area contributed by atoms with Gasteiger partial charge in [-0.15, -0.1) is 0 Å². The van der Waals surface area contributed by atoms with Crippen LogP contribution in [-0.2, 0) is 0 Å². The molecule has 0 saturated carbocycles. The number of benzene rings is 1. The highest BCUT2D eigenvalue weighted by Crippen LogP contribution is 2.18. The van der Waals surface area contributed by atoms with Gasteiger partial charge >= 0.3 is 0 Å². The Morgan fingerprint density at radius 2 is 2.20 bits per heavy atom. The van der Waals surface area contributed by atoms with Gasteiger partial charge < -0.3 is 5.73 Å². The Kier molecular flexibility index (Phi) is 2.12. The van der Waals surface area contributed by atoms with Crippen LogP contribution in [0.2, 0.25) is 0 Å². The summed E-state index contributed by atoms with van der Waals surface area (Å²) in [6.45, 7) is 3.63. The van der Waals surface area contributed by atoms with Crippen LogP contribution in [0.3, 0.4) is 0 Å². The standard InChI is InChI=1S/C8H8BrN/c1-2-6-5-7(9)3-4-8(6)10/h2-5H,1,10H2. The molecule has 0 spiro atoms. The van der Waals surface area contributed by atoms with E-state index in [2.05, 4.69) is 22.5 Å². The van der Waals surface area contributed by atoms with E-state index in [4.69, 9.17) is 5.73 Å². The average Bonchev–Trinajstić information content (AvgIpc) is 1.94. The van der Waals surface area contributed by atoms with E-state index in [-0.39, 0.29) is 0 Å². The van der Waals surface area contributed by atoms with Gasteiger partial charge in [0.25, 0.3) is 0 Å². The zero-order valence-corrected chi connectivity index (χ0v) is 7.06. The topological polar surface area (TPSA) is 26.0 Å². The van der Waals surface area contributed by atoms with Crippen LogP contribution in [0.4, 0.5) is 5.69 Å². The molecule has 52 valence electrons. The molecule has 1 nitrogen and oxygen atoms in total. The third kappa shape index (κ3) is 1.39. The Balaban J connectivity index is 3.21. The first-order chi connectivity index (χ1) is 4.74. The Hall–Kier alpha value is -0.760. The minimum absolute atomic E-state index is 0.762. The fourth-order valence-electron chi connectivity index (χ4n) is 0.722. The van der Waals surface area contributed by atoms with E-state index in [9.17, 15) is 0 Å². The largest absolute Gasteiger partial charge is 0.398 e. The highest BCUT2D eigenvalue weighted by Gasteiger charge is 1.93. The molecule has 0 radical (unpaired) electrons. The molecule has 0 aliphatic carbocycles. The van der Waals surface area contributed by atoms with Gasteiger partial charge in [0.1, 0.15) is 0 Å². The van der Waals surface area contributed by atoms with E-state index >= 15 is 0 Å². The normalized spacial score (nSPS) is 9.30. The van der Waals surface area contributed by atoms with E-state index in [1.165, 1.54) is 0 Å². The molecule has 0 fully saturated rings. The highest BCUT2D eigenvalue weighted by atomic mass is 79.9. The molecule has 1 aromatic carbocycles. The number of rotatable bonds is 1. The second kappa shape index (κ2) is 2.88. The molecule has 0 aromatic heterocycles. The quantitative estimate of drug-likeness (QED) is 0.689. The number of nitrogens with two attached hydrogens (primary N) is 1. The van der Waals surface area contributed by atoms with Crippen molar-refractivity contribution in [3.8, 4) is 0 Å². The van der Waals surface area contributed by atoms with Crippen LogP contribution in [0.5, 0.6) is 0 Å². The third-order valence-corrected chi connectivity index (χ3v) is 1.76. The summed E-state index contributed by atoms with van der Waals surface area (Å²) in [7, 11) is 0. The van der Waals surface area contributed by atoms with Crippen molar-refractivity contribution >= 4 is 27.7 Å². The zero-order chi connectivity index (χ0) is 7.56. The lowest BCUT2D eigenvalue weighted by Gasteiger charge is -1.98. The van der Waals surface area contributed by atoms with Crippen LogP contribution in [0.25, 0.3) is 6.08 Å². The van der Waals surface area contributed by atoms with Gasteiger partial charge in [-0.1, -0.05) is 28.6 Å². The molecule has 10 heavy (non-hydrogen) atoms. The molecular weight excluding hydrogens is 190 g/mol. The predicted octanol–water partition coefficient (Wildman–Crippen LogP) is 2.67. The van der Waals surface area contributed by atoms with E-state index < -0.39 is 0 Å². The monoisotopic (exact) mass is 197 g/mol. The number of hydrogen-bond acceptors (Lipinski definition) is 1. The highest BCUT2D eigenvalue weighted by molar-refractivity contribution is 9.10. The number of halogens is 1. The van der Waals surface area contributed by atoms with Crippen molar-refractivity contribution in [1.82, 2.24) is 0 Å². The smallest absolute Gasteiger partial charge is 0.0388 e. The van der Waals surface area contributed by atoms with Crippen LogP contribution < -0.4 is 5.73 Å². The van der Waals surface area contributed by atoms with Crippen molar-refractivity contribution < 1.29 is 0 Å². The van der Waals surface area contributed by atoms with E-state index in [1.54, 1.807) is 6.08 Å². The molecule has 0 heterocycles. The van der Waals surface area contributed by atoms with Crippen LogP contribution in [0.15, 0.2) is 29.3 Å². The van der Waals surface area contributed by atoms with Gasteiger partial charge in [0, 0.05) is 10.2 Å². The Morgan fingerprint density at radius 1 is 1.50 bits per heavy atom. The molecule has 0 bridgehead atoms. The molecule has 0 saturated heterocycles. The second-order valence-corrected chi connectivity index (χ2v) is 2.89. The molecule has 2 N–H and O–H groups in total. The summed E-state index contributed by atoms with van der Waals surface area (Å²) in [6.07, 6.45) is 1.74. The average molecular weight is 198 g/mol. The van der Waals surface area contributed by atoms with Gasteiger partial charge in [0.05, 0.1) is 0 Å². The summed E-state index contributed by atoms with van der Waals surface area (Å²) < 4.78 is 1.02. The van der Waals surface area contributed by atoms with Crippen molar-refractivity contribution in [2.24, 2.45) is 0 Å². The van der Waals surface area contributed by atoms with Crippen molar-refractivity contribution in [1.29, 1.82) is 0 Å². The van der Waals surface area contributed by atoms with Crippen molar-refractivity contribution in [3.63, 3.8) is 0 Å². The minimum Gasteiger partial charge on any atom is -0.398 e. The summed E-state index contributed by atoms with van der Waals surface area (Å²) in [4.78, 5) is 0. The maximum atomic E-state index is 5.61. The summed E-state index contributed by atoms with van der Waals surface area (Å²) in [6, 6.07) is 5.69. The van der Waals surface area contributed by atoms with Gasteiger partial charge in [-0.3, -0.25) is 0 Å². The summed E-state index contributed by atoms with van der Waals surface area (Å²) in [5.41, 5.74) is 7.34.